The minimum atomic E-state index is -0.515. The molecule has 1 aromatic carbocycles. The van der Waals surface area contributed by atoms with E-state index >= 15 is 0 Å². The molecular weight excluding hydrogens is 337 g/mol. The third-order valence-corrected chi connectivity index (χ3v) is 4.18. The van der Waals surface area contributed by atoms with Crippen LogP contribution in [-0.4, -0.2) is 43.7 Å². The van der Waals surface area contributed by atoms with Crippen LogP contribution < -0.4 is 15.5 Å². The predicted octanol–water partition coefficient (Wildman–Crippen LogP) is 1.69. The van der Waals surface area contributed by atoms with Crippen LogP contribution in [0.4, 0.5) is 15.8 Å². The Bertz CT molecular complexity index is 629. The number of carbonyl (C=O) groups excluding carboxylic acids is 2. The third kappa shape index (κ3) is 3.85. The van der Waals surface area contributed by atoms with Crippen molar-refractivity contribution in [3.8, 4) is 0 Å². The largest absolute Gasteiger partial charge is 0.375 e. The Balaban J connectivity index is 0.00000208. The predicted molar refractivity (Wildman–Crippen MR) is 91.1 cm³/mol. The zero-order valence-corrected chi connectivity index (χ0v) is 14.2. The number of rotatable bonds is 3. The van der Waals surface area contributed by atoms with Gasteiger partial charge in [0, 0.05) is 25.2 Å². The number of nitrogens with zero attached hydrogens (tertiary/aromatic N) is 1. The van der Waals surface area contributed by atoms with Crippen molar-refractivity contribution in [2.45, 2.75) is 31.9 Å². The number of anilines is 2. The van der Waals surface area contributed by atoms with Crippen molar-refractivity contribution < 1.29 is 18.7 Å². The molecule has 0 spiro atoms. The van der Waals surface area contributed by atoms with E-state index in [1.54, 1.807) is 6.07 Å². The normalized spacial score (nSPS) is 23.8. The Kier molecular flexibility index (Phi) is 6.15. The molecular formula is C16H21ClFN3O3. The minimum absolute atomic E-state index is 0. The molecule has 0 bridgehead atoms. The van der Waals surface area contributed by atoms with E-state index in [0.29, 0.717) is 31.8 Å². The van der Waals surface area contributed by atoms with Gasteiger partial charge in [0.25, 0.3) is 0 Å². The monoisotopic (exact) mass is 357 g/mol. The van der Waals surface area contributed by atoms with Crippen molar-refractivity contribution in [1.82, 2.24) is 5.32 Å². The summed E-state index contributed by atoms with van der Waals surface area (Å²) in [6.07, 6.45) is 0.945. The number of morpholine rings is 1. The number of halogens is 2. The van der Waals surface area contributed by atoms with Crippen LogP contribution in [-0.2, 0) is 14.3 Å². The Morgan fingerprint density at radius 3 is 2.88 bits per heavy atom. The van der Waals surface area contributed by atoms with Crippen molar-refractivity contribution in [3.63, 3.8) is 0 Å². The summed E-state index contributed by atoms with van der Waals surface area (Å²) in [5.41, 5.74) is 0.625. The number of ether oxygens (including phenoxy) is 1. The van der Waals surface area contributed by atoms with E-state index in [1.807, 2.05) is 6.92 Å². The van der Waals surface area contributed by atoms with Crippen molar-refractivity contribution in [3.05, 3.63) is 24.0 Å². The summed E-state index contributed by atoms with van der Waals surface area (Å²) in [5.74, 6) is -0.849. The average molecular weight is 358 g/mol. The van der Waals surface area contributed by atoms with Gasteiger partial charge in [-0.1, -0.05) is 0 Å². The summed E-state index contributed by atoms with van der Waals surface area (Å²) in [4.78, 5) is 25.4. The maximum Gasteiger partial charge on any atom is 0.244 e. The minimum Gasteiger partial charge on any atom is -0.375 e. The van der Waals surface area contributed by atoms with Crippen molar-refractivity contribution in [2.75, 3.05) is 29.9 Å². The van der Waals surface area contributed by atoms with E-state index in [-0.39, 0.29) is 36.0 Å². The fourth-order valence-electron chi connectivity index (χ4n) is 2.95. The molecule has 132 valence electrons. The van der Waals surface area contributed by atoms with Crippen LogP contribution in [0, 0.1) is 5.82 Å². The summed E-state index contributed by atoms with van der Waals surface area (Å²) in [5, 5.41) is 5.77. The molecule has 2 N–H and O–H groups in total. The summed E-state index contributed by atoms with van der Waals surface area (Å²) in [6, 6.07) is 3.91. The third-order valence-electron chi connectivity index (χ3n) is 4.18. The molecule has 0 radical (unpaired) electrons. The zero-order chi connectivity index (χ0) is 16.4. The van der Waals surface area contributed by atoms with Crippen LogP contribution in [0.5, 0.6) is 0 Å². The fraction of sp³-hybridized carbons (Fsp3) is 0.500. The highest BCUT2D eigenvalue weighted by molar-refractivity contribution is 5.97. The van der Waals surface area contributed by atoms with Gasteiger partial charge in [0.15, 0.2) is 0 Å². The first kappa shape index (κ1) is 18.6. The number of amides is 2. The summed E-state index contributed by atoms with van der Waals surface area (Å²) in [7, 11) is 0. The molecule has 0 saturated carbocycles. The molecule has 1 aromatic rings. The smallest absolute Gasteiger partial charge is 0.244 e. The molecule has 0 unspecified atom stereocenters. The maximum atomic E-state index is 14.3. The van der Waals surface area contributed by atoms with Gasteiger partial charge in [0.1, 0.15) is 11.9 Å². The van der Waals surface area contributed by atoms with Crippen molar-refractivity contribution in [2.24, 2.45) is 0 Å². The number of carbonyl (C=O) groups is 2. The van der Waals surface area contributed by atoms with E-state index < -0.39 is 11.9 Å². The summed E-state index contributed by atoms with van der Waals surface area (Å²) < 4.78 is 19.7. The topological polar surface area (TPSA) is 70.7 Å². The van der Waals surface area contributed by atoms with Crippen LogP contribution >= 0.6 is 12.4 Å². The molecule has 3 rings (SSSR count). The quantitative estimate of drug-likeness (QED) is 0.863. The van der Waals surface area contributed by atoms with Gasteiger partial charge in [-0.2, -0.15) is 0 Å². The van der Waals surface area contributed by atoms with Gasteiger partial charge in [0.05, 0.1) is 18.4 Å². The maximum absolute atomic E-state index is 14.3. The second kappa shape index (κ2) is 7.92. The van der Waals surface area contributed by atoms with Crippen molar-refractivity contribution in [1.29, 1.82) is 0 Å². The van der Waals surface area contributed by atoms with E-state index in [9.17, 15) is 14.0 Å². The van der Waals surface area contributed by atoms with Gasteiger partial charge in [-0.15, -0.1) is 12.4 Å². The van der Waals surface area contributed by atoms with Gasteiger partial charge in [0.2, 0.25) is 11.8 Å². The van der Waals surface area contributed by atoms with Crippen LogP contribution in [0.1, 0.15) is 19.8 Å². The lowest BCUT2D eigenvalue weighted by molar-refractivity contribution is -0.123. The van der Waals surface area contributed by atoms with Crippen LogP contribution in [0.3, 0.4) is 0 Å². The average Bonchev–Trinajstić information content (AvgIpc) is 2.94. The van der Waals surface area contributed by atoms with E-state index in [1.165, 1.54) is 17.0 Å². The lowest BCUT2D eigenvalue weighted by Gasteiger charge is -2.29. The molecule has 24 heavy (non-hydrogen) atoms. The second-order valence-corrected chi connectivity index (χ2v) is 5.81. The SMILES string of the molecule is C[C@H]1OCCN[C@@H]1C(=O)Nc1ccc(N2CCCC2=O)c(F)c1.Cl. The molecule has 2 aliphatic heterocycles. The molecule has 8 heteroatoms. The number of hydrogen-bond donors (Lipinski definition) is 2. The zero-order valence-electron chi connectivity index (χ0n) is 13.4. The summed E-state index contributed by atoms with van der Waals surface area (Å²) in [6.45, 7) is 3.52. The summed E-state index contributed by atoms with van der Waals surface area (Å²) >= 11 is 0. The van der Waals surface area contributed by atoms with Crippen molar-refractivity contribution >= 4 is 35.6 Å². The highest BCUT2D eigenvalue weighted by atomic mass is 35.5. The lowest BCUT2D eigenvalue weighted by Crippen LogP contribution is -2.53. The molecule has 0 aromatic heterocycles. The fourth-order valence-corrected chi connectivity index (χ4v) is 2.95. The van der Waals surface area contributed by atoms with E-state index in [2.05, 4.69) is 10.6 Å². The number of hydrogen-bond acceptors (Lipinski definition) is 4. The van der Waals surface area contributed by atoms with Gasteiger partial charge < -0.3 is 20.3 Å². The lowest BCUT2D eigenvalue weighted by atomic mass is 10.1. The van der Waals surface area contributed by atoms with Crippen LogP contribution in [0.25, 0.3) is 0 Å². The van der Waals surface area contributed by atoms with Crippen LogP contribution in [0.2, 0.25) is 0 Å². The van der Waals surface area contributed by atoms with Gasteiger partial charge >= 0.3 is 0 Å². The Hall–Kier alpha value is -1.70. The molecule has 2 saturated heterocycles. The number of nitrogens with one attached hydrogen (secondary N) is 2. The second-order valence-electron chi connectivity index (χ2n) is 5.81. The van der Waals surface area contributed by atoms with Crippen LogP contribution in [0.15, 0.2) is 18.2 Å². The molecule has 2 amide bonds. The van der Waals surface area contributed by atoms with Gasteiger partial charge in [-0.05, 0) is 31.5 Å². The Morgan fingerprint density at radius 2 is 2.25 bits per heavy atom. The molecule has 6 nitrogen and oxygen atoms in total. The first-order chi connectivity index (χ1) is 11.1. The molecule has 2 aliphatic rings. The highest BCUT2D eigenvalue weighted by Gasteiger charge is 2.29. The van der Waals surface area contributed by atoms with Gasteiger partial charge in [-0.3, -0.25) is 9.59 Å². The highest BCUT2D eigenvalue weighted by Crippen LogP contribution is 2.27. The van der Waals surface area contributed by atoms with Gasteiger partial charge in [-0.25, -0.2) is 4.39 Å². The molecule has 0 aliphatic carbocycles. The van der Waals surface area contributed by atoms with E-state index in [4.69, 9.17) is 4.74 Å². The molecule has 2 heterocycles. The molecule has 2 fully saturated rings. The molecule has 2 atom stereocenters. The Labute approximate surface area is 146 Å². The first-order valence-electron chi connectivity index (χ1n) is 7.82. The Morgan fingerprint density at radius 1 is 1.46 bits per heavy atom. The standard InChI is InChI=1S/C16H20FN3O3.ClH/c1-10-15(18-6-8-23-10)16(22)19-11-4-5-13(12(17)9-11)20-7-2-3-14(20)21;/h4-5,9-10,15,18H,2-3,6-8H2,1H3,(H,19,22);1H/t10-,15+;/m1./s1. The first-order valence-corrected chi connectivity index (χ1v) is 7.82. The number of benzene rings is 1. The van der Waals surface area contributed by atoms with E-state index in [0.717, 1.165) is 6.42 Å².